The zero-order valence-corrected chi connectivity index (χ0v) is 15.1. The summed E-state index contributed by atoms with van der Waals surface area (Å²) in [7, 11) is 1.67. The summed E-state index contributed by atoms with van der Waals surface area (Å²) in [4.78, 5) is 15.1. The number of benzene rings is 1. The summed E-state index contributed by atoms with van der Waals surface area (Å²) in [5, 5.41) is 0. The summed E-state index contributed by atoms with van der Waals surface area (Å²) in [6.45, 7) is 3.09. The normalized spacial score (nSPS) is 22.5. The van der Waals surface area contributed by atoms with Gasteiger partial charge in [0.15, 0.2) is 0 Å². The van der Waals surface area contributed by atoms with Gasteiger partial charge in [0.2, 0.25) is 0 Å². The Morgan fingerprint density at radius 3 is 2.81 bits per heavy atom. The number of esters is 1. The van der Waals surface area contributed by atoms with E-state index in [-0.39, 0.29) is 24.3 Å². The van der Waals surface area contributed by atoms with E-state index in [1.54, 1.807) is 26.4 Å². The standard InChI is InChI=1S/C20H25NO5/c1-3-25-20(22)16-11-21-10-15(16)17-9-18(23-2)19(26-17)13-24-12-14-7-5-4-6-8-14/h4-8,10-11,17-19,21H,3,9,12-13H2,1-2H3/t17-,18+,19-/m0/s1. The monoisotopic (exact) mass is 359 g/mol. The average Bonchev–Trinajstić information content (AvgIpc) is 3.29. The van der Waals surface area contributed by atoms with Crippen LogP contribution >= 0.6 is 0 Å². The molecule has 1 aliphatic heterocycles. The molecule has 6 heteroatoms. The van der Waals surface area contributed by atoms with Gasteiger partial charge in [0.25, 0.3) is 0 Å². The minimum absolute atomic E-state index is 0.0827. The van der Waals surface area contributed by atoms with Crippen LogP contribution in [0.3, 0.4) is 0 Å². The third-order valence-corrected chi connectivity index (χ3v) is 4.52. The Labute approximate surface area is 153 Å². The van der Waals surface area contributed by atoms with E-state index < -0.39 is 0 Å². The van der Waals surface area contributed by atoms with Crippen molar-refractivity contribution in [1.82, 2.24) is 4.98 Å². The van der Waals surface area contributed by atoms with Gasteiger partial charge >= 0.3 is 5.97 Å². The van der Waals surface area contributed by atoms with Crippen LogP contribution in [-0.4, -0.2) is 43.5 Å². The van der Waals surface area contributed by atoms with Crippen molar-refractivity contribution >= 4 is 5.97 Å². The minimum atomic E-state index is -0.343. The van der Waals surface area contributed by atoms with E-state index in [9.17, 15) is 4.79 Å². The fraction of sp³-hybridized carbons (Fsp3) is 0.450. The van der Waals surface area contributed by atoms with Crippen molar-refractivity contribution in [3.05, 3.63) is 59.4 Å². The number of H-pyrrole nitrogens is 1. The Morgan fingerprint density at radius 1 is 1.27 bits per heavy atom. The van der Waals surface area contributed by atoms with Gasteiger partial charge in [0, 0.05) is 31.5 Å². The van der Waals surface area contributed by atoms with Crippen LogP contribution in [0.1, 0.15) is 40.9 Å². The predicted octanol–water partition coefficient (Wildman–Crippen LogP) is 3.25. The predicted molar refractivity (Wildman–Crippen MR) is 95.9 cm³/mol. The van der Waals surface area contributed by atoms with Crippen LogP contribution in [0.25, 0.3) is 0 Å². The third kappa shape index (κ3) is 4.33. The van der Waals surface area contributed by atoms with Crippen molar-refractivity contribution in [2.24, 2.45) is 0 Å². The SMILES string of the molecule is CCOC(=O)c1c[nH]cc1[C@@H]1C[C@@H](OC)[C@H](COCc2ccccc2)O1. The lowest BCUT2D eigenvalue weighted by Crippen LogP contribution is -2.28. The first kappa shape index (κ1) is 18.6. The van der Waals surface area contributed by atoms with Gasteiger partial charge < -0.3 is 23.9 Å². The fourth-order valence-electron chi connectivity index (χ4n) is 3.21. The van der Waals surface area contributed by atoms with Crippen LogP contribution in [0.4, 0.5) is 0 Å². The number of rotatable bonds is 8. The zero-order valence-electron chi connectivity index (χ0n) is 15.1. The number of carbonyl (C=O) groups is 1. The lowest BCUT2D eigenvalue weighted by molar-refractivity contribution is -0.0581. The highest BCUT2D eigenvalue weighted by Gasteiger charge is 2.38. The molecule has 2 aromatic rings. The molecule has 1 aromatic heterocycles. The van der Waals surface area contributed by atoms with Gasteiger partial charge in [-0.05, 0) is 12.5 Å². The summed E-state index contributed by atoms with van der Waals surface area (Å²) in [5.74, 6) is -0.343. The number of methoxy groups -OCH3 is 1. The van der Waals surface area contributed by atoms with Crippen LogP contribution in [0.15, 0.2) is 42.7 Å². The topological polar surface area (TPSA) is 69.8 Å². The van der Waals surface area contributed by atoms with Crippen molar-refractivity contribution in [1.29, 1.82) is 0 Å². The molecule has 0 bridgehead atoms. The molecular formula is C20H25NO5. The Hall–Kier alpha value is -2.15. The van der Waals surface area contributed by atoms with Gasteiger partial charge in [-0.2, -0.15) is 0 Å². The van der Waals surface area contributed by atoms with E-state index in [1.807, 2.05) is 30.3 Å². The second-order valence-electron chi connectivity index (χ2n) is 6.22. The van der Waals surface area contributed by atoms with Crippen LogP contribution in [0.5, 0.6) is 0 Å². The molecule has 6 nitrogen and oxygen atoms in total. The molecule has 140 valence electrons. The molecule has 2 heterocycles. The van der Waals surface area contributed by atoms with Crippen molar-refractivity contribution in [2.45, 2.75) is 38.3 Å². The van der Waals surface area contributed by atoms with Crippen LogP contribution < -0.4 is 0 Å². The lowest BCUT2D eigenvalue weighted by Gasteiger charge is -2.17. The molecule has 1 N–H and O–H groups in total. The van der Waals surface area contributed by atoms with E-state index in [2.05, 4.69) is 4.98 Å². The van der Waals surface area contributed by atoms with Crippen molar-refractivity contribution in [2.75, 3.05) is 20.3 Å². The van der Waals surface area contributed by atoms with E-state index in [4.69, 9.17) is 18.9 Å². The first-order valence-electron chi connectivity index (χ1n) is 8.86. The molecule has 26 heavy (non-hydrogen) atoms. The smallest absolute Gasteiger partial charge is 0.340 e. The van der Waals surface area contributed by atoms with E-state index in [0.717, 1.165) is 11.1 Å². The molecule has 0 radical (unpaired) electrons. The van der Waals surface area contributed by atoms with E-state index in [0.29, 0.717) is 31.8 Å². The van der Waals surface area contributed by atoms with Crippen molar-refractivity contribution < 1.29 is 23.7 Å². The molecule has 0 amide bonds. The molecule has 3 atom stereocenters. The highest BCUT2D eigenvalue weighted by molar-refractivity contribution is 5.91. The van der Waals surface area contributed by atoms with Gasteiger partial charge in [-0.15, -0.1) is 0 Å². The Balaban J connectivity index is 1.60. The van der Waals surface area contributed by atoms with Crippen LogP contribution in [-0.2, 0) is 25.6 Å². The Kier molecular flexibility index (Phi) is 6.44. The van der Waals surface area contributed by atoms with Crippen molar-refractivity contribution in [3.63, 3.8) is 0 Å². The molecule has 1 saturated heterocycles. The number of hydrogen-bond acceptors (Lipinski definition) is 5. The number of aromatic nitrogens is 1. The second kappa shape index (κ2) is 8.98. The van der Waals surface area contributed by atoms with Gasteiger partial charge in [0.1, 0.15) is 6.10 Å². The highest BCUT2D eigenvalue weighted by Crippen LogP contribution is 2.36. The fourth-order valence-corrected chi connectivity index (χ4v) is 3.21. The molecular weight excluding hydrogens is 334 g/mol. The molecule has 1 fully saturated rings. The third-order valence-electron chi connectivity index (χ3n) is 4.52. The number of hydrogen-bond donors (Lipinski definition) is 1. The minimum Gasteiger partial charge on any atom is -0.462 e. The highest BCUT2D eigenvalue weighted by atomic mass is 16.6. The average molecular weight is 359 g/mol. The quantitative estimate of drug-likeness (QED) is 0.733. The van der Waals surface area contributed by atoms with Gasteiger partial charge in [-0.3, -0.25) is 0 Å². The summed E-state index contributed by atoms with van der Waals surface area (Å²) < 4.78 is 22.6. The zero-order chi connectivity index (χ0) is 18.4. The maximum atomic E-state index is 12.1. The number of nitrogens with one attached hydrogen (secondary N) is 1. The molecule has 3 rings (SSSR count). The lowest BCUT2D eigenvalue weighted by atomic mass is 10.0. The summed E-state index contributed by atoms with van der Waals surface area (Å²) in [6, 6.07) is 10.0. The largest absolute Gasteiger partial charge is 0.462 e. The maximum absolute atomic E-state index is 12.1. The molecule has 1 aromatic carbocycles. The van der Waals surface area contributed by atoms with Crippen molar-refractivity contribution in [3.8, 4) is 0 Å². The summed E-state index contributed by atoms with van der Waals surface area (Å²) >= 11 is 0. The van der Waals surface area contributed by atoms with Gasteiger partial charge in [-0.1, -0.05) is 30.3 Å². The molecule has 1 aliphatic rings. The number of aromatic amines is 1. The molecule has 0 saturated carbocycles. The molecule has 0 unspecified atom stereocenters. The molecule has 0 spiro atoms. The number of carbonyl (C=O) groups excluding carboxylic acids is 1. The maximum Gasteiger partial charge on any atom is 0.340 e. The van der Waals surface area contributed by atoms with Crippen LogP contribution in [0.2, 0.25) is 0 Å². The number of ether oxygens (including phenoxy) is 4. The van der Waals surface area contributed by atoms with Gasteiger partial charge in [0.05, 0.1) is 37.6 Å². The Bertz CT molecular complexity index is 699. The summed E-state index contributed by atoms with van der Waals surface area (Å²) in [6.07, 6.45) is 3.62. The van der Waals surface area contributed by atoms with E-state index in [1.165, 1.54) is 0 Å². The van der Waals surface area contributed by atoms with Gasteiger partial charge in [-0.25, -0.2) is 4.79 Å². The summed E-state index contributed by atoms with van der Waals surface area (Å²) in [5.41, 5.74) is 2.43. The second-order valence-corrected chi connectivity index (χ2v) is 6.22. The molecule has 0 aliphatic carbocycles. The van der Waals surface area contributed by atoms with Crippen LogP contribution in [0, 0.1) is 0 Å². The first-order chi connectivity index (χ1) is 12.7. The first-order valence-corrected chi connectivity index (χ1v) is 8.86. The Morgan fingerprint density at radius 2 is 2.08 bits per heavy atom. The van der Waals surface area contributed by atoms with E-state index >= 15 is 0 Å².